The molecule has 1 aliphatic heterocycles. The maximum absolute atomic E-state index is 14.3. The Labute approximate surface area is 291 Å². The number of nitrogens with zero attached hydrogens (tertiary/aromatic N) is 4. The number of carbonyl (C=O) groups excluding carboxylic acids is 4. The molecule has 2 amide bonds. The number of amides is 2. The van der Waals surface area contributed by atoms with Crippen molar-refractivity contribution < 1.29 is 29.0 Å². The zero-order valence-electron chi connectivity index (χ0n) is 27.1. The molecule has 1 fully saturated rings. The predicted octanol–water partition coefficient (Wildman–Crippen LogP) is 7.24. The van der Waals surface area contributed by atoms with Crippen molar-refractivity contribution >= 4 is 62.1 Å². The van der Waals surface area contributed by atoms with Gasteiger partial charge in [0.2, 0.25) is 11.8 Å². The van der Waals surface area contributed by atoms with Crippen molar-refractivity contribution in [1.82, 2.24) is 0 Å². The molecule has 0 bridgehead atoms. The Bertz CT molecular complexity index is 2030. The second kappa shape index (κ2) is 12.7. The zero-order valence-corrected chi connectivity index (χ0v) is 28.7. The van der Waals surface area contributed by atoms with E-state index >= 15 is 0 Å². The highest BCUT2D eigenvalue weighted by Gasteiger charge is 2.57. The normalized spacial score (nSPS) is 23.3. The minimum atomic E-state index is -0.788. The second-order valence-corrected chi connectivity index (χ2v) is 13.5. The topological polar surface area (TPSA) is 129 Å². The Kier molecular flexibility index (Phi) is 8.40. The van der Waals surface area contributed by atoms with E-state index in [1.807, 2.05) is 49.3 Å². The Hall–Kier alpha value is -5.16. The lowest BCUT2D eigenvalue weighted by Gasteiger charge is -2.42. The summed E-state index contributed by atoms with van der Waals surface area (Å²) in [4.78, 5) is 58.5. The molecule has 0 radical (unpaired) electrons. The molecule has 248 valence electrons. The van der Waals surface area contributed by atoms with Gasteiger partial charge in [-0.2, -0.15) is 10.2 Å². The SMILES string of the molecule is CCOc1cccc(C2C3=CCC4C(=O)N(c5ccc(N=Nc6ccc(N(C)C)cc6)cc5)C(=O)C4C3CC3=C2C(=O)C=C(Br)C3=O)c1O. The van der Waals surface area contributed by atoms with Gasteiger partial charge in [-0.05, 0) is 96.2 Å². The first-order valence-corrected chi connectivity index (χ1v) is 16.9. The molecule has 1 heterocycles. The van der Waals surface area contributed by atoms with Crippen LogP contribution in [0.4, 0.5) is 22.7 Å². The molecule has 4 unspecified atom stereocenters. The Morgan fingerprint density at radius 3 is 2.24 bits per heavy atom. The summed E-state index contributed by atoms with van der Waals surface area (Å²) in [6.07, 6.45) is 3.59. The summed E-state index contributed by atoms with van der Waals surface area (Å²) < 4.78 is 5.79. The first-order chi connectivity index (χ1) is 23.6. The van der Waals surface area contributed by atoms with Gasteiger partial charge in [0.25, 0.3) is 0 Å². The van der Waals surface area contributed by atoms with Crippen LogP contribution in [0.3, 0.4) is 0 Å². The Balaban J connectivity index is 1.21. The number of phenols is 1. The third kappa shape index (κ3) is 5.51. The number of hydrogen-bond acceptors (Lipinski definition) is 9. The lowest BCUT2D eigenvalue weighted by atomic mass is 9.59. The van der Waals surface area contributed by atoms with Crippen LogP contribution in [0.5, 0.6) is 11.5 Å². The molecule has 4 aliphatic rings. The number of Topliss-reactive ketones (excluding diaryl/α,β-unsaturated/α-hetero) is 1. The predicted molar refractivity (Wildman–Crippen MR) is 188 cm³/mol. The number of allylic oxidation sites excluding steroid dienone is 6. The summed E-state index contributed by atoms with van der Waals surface area (Å²) in [5.74, 6) is -3.94. The van der Waals surface area contributed by atoms with Crippen LogP contribution in [0, 0.1) is 17.8 Å². The largest absolute Gasteiger partial charge is 0.504 e. The minimum Gasteiger partial charge on any atom is -0.504 e. The van der Waals surface area contributed by atoms with Crippen molar-refractivity contribution in [3.63, 3.8) is 0 Å². The summed E-state index contributed by atoms with van der Waals surface area (Å²) in [6.45, 7) is 2.12. The maximum Gasteiger partial charge on any atom is 0.238 e. The second-order valence-electron chi connectivity index (χ2n) is 12.7. The van der Waals surface area contributed by atoms with Crippen molar-refractivity contribution in [2.45, 2.75) is 25.7 Å². The first kappa shape index (κ1) is 32.4. The van der Waals surface area contributed by atoms with Gasteiger partial charge in [-0.15, -0.1) is 0 Å². The molecule has 7 rings (SSSR count). The quantitative estimate of drug-likeness (QED) is 0.118. The molecule has 0 aromatic heterocycles. The van der Waals surface area contributed by atoms with E-state index in [2.05, 4.69) is 26.2 Å². The minimum absolute atomic E-state index is 0.125. The number of aromatic hydroxyl groups is 1. The van der Waals surface area contributed by atoms with Crippen LogP contribution in [-0.2, 0) is 19.2 Å². The van der Waals surface area contributed by atoms with E-state index in [4.69, 9.17) is 4.74 Å². The number of phenolic OH excluding ortho intramolecular Hbond substituents is 1. The number of rotatable bonds is 7. The van der Waals surface area contributed by atoms with Gasteiger partial charge in [0.1, 0.15) is 0 Å². The first-order valence-electron chi connectivity index (χ1n) is 16.1. The van der Waals surface area contributed by atoms with E-state index in [0.717, 1.165) is 11.3 Å². The standard InChI is InChI=1S/C38H33BrN4O6/c1-4-49-31-7-5-6-25(36(31)46)32-24-16-17-26-33(27(24)18-28-34(32)30(44)19-29(39)35(28)45)38(48)43(37(26)47)23-14-10-21(11-15-23)41-40-20-8-12-22(13-9-20)42(2)3/h5-16,19,26-27,32-33,46H,4,17-18H2,1-3H3. The Morgan fingerprint density at radius 2 is 1.59 bits per heavy atom. The molecule has 1 N–H and O–H groups in total. The van der Waals surface area contributed by atoms with E-state index < -0.39 is 23.7 Å². The van der Waals surface area contributed by atoms with Crippen molar-refractivity contribution in [3.8, 4) is 11.5 Å². The third-order valence-electron chi connectivity index (χ3n) is 9.73. The summed E-state index contributed by atoms with van der Waals surface area (Å²) in [5, 5.41) is 20.0. The maximum atomic E-state index is 14.3. The van der Waals surface area contributed by atoms with Crippen LogP contribution in [0.15, 0.2) is 110 Å². The smallest absolute Gasteiger partial charge is 0.238 e. The number of fused-ring (bicyclic) bond motifs is 3. The van der Waals surface area contributed by atoms with Crippen LogP contribution >= 0.6 is 15.9 Å². The number of carbonyl (C=O) groups is 4. The monoisotopic (exact) mass is 720 g/mol. The number of anilines is 2. The van der Waals surface area contributed by atoms with Crippen molar-refractivity contribution in [2.24, 2.45) is 28.0 Å². The summed E-state index contributed by atoms with van der Waals surface area (Å²) in [5.41, 5.74) is 4.44. The number of benzene rings is 3. The molecule has 49 heavy (non-hydrogen) atoms. The van der Waals surface area contributed by atoms with Gasteiger partial charge in [0, 0.05) is 48.5 Å². The van der Waals surface area contributed by atoms with Crippen molar-refractivity contribution in [3.05, 3.63) is 106 Å². The average molecular weight is 722 g/mol. The van der Waals surface area contributed by atoms with Gasteiger partial charge in [0.05, 0.1) is 40.0 Å². The highest BCUT2D eigenvalue weighted by atomic mass is 79.9. The van der Waals surface area contributed by atoms with E-state index in [9.17, 15) is 24.3 Å². The number of ketones is 2. The van der Waals surface area contributed by atoms with Crippen molar-refractivity contribution in [1.29, 1.82) is 0 Å². The number of para-hydroxylation sites is 1. The molecule has 11 heteroatoms. The van der Waals surface area contributed by atoms with Gasteiger partial charge in [-0.1, -0.05) is 23.8 Å². The molecule has 0 saturated carbocycles. The van der Waals surface area contributed by atoms with Crippen LogP contribution in [-0.4, -0.2) is 49.2 Å². The fourth-order valence-electron chi connectivity index (χ4n) is 7.46. The highest BCUT2D eigenvalue weighted by molar-refractivity contribution is 9.12. The number of ether oxygens (including phenoxy) is 1. The van der Waals surface area contributed by atoms with E-state index in [-0.39, 0.29) is 63.4 Å². The number of halogens is 1. The molecular weight excluding hydrogens is 688 g/mol. The van der Waals surface area contributed by atoms with Crippen molar-refractivity contribution in [2.75, 3.05) is 30.5 Å². The average Bonchev–Trinajstić information content (AvgIpc) is 3.36. The van der Waals surface area contributed by atoms with Crippen LogP contribution in [0.1, 0.15) is 31.2 Å². The molecule has 1 saturated heterocycles. The summed E-state index contributed by atoms with van der Waals surface area (Å²) >= 11 is 3.25. The van der Waals surface area contributed by atoms with Crippen LogP contribution in [0.25, 0.3) is 0 Å². The molecule has 3 aromatic rings. The fraction of sp³-hybridized carbons (Fsp3) is 0.263. The number of hydrogen-bond donors (Lipinski definition) is 1. The number of imide groups is 1. The summed E-state index contributed by atoms with van der Waals surface area (Å²) in [6, 6.07) is 19.5. The highest BCUT2D eigenvalue weighted by Crippen LogP contribution is 2.57. The zero-order chi connectivity index (χ0) is 34.6. The Morgan fingerprint density at radius 1 is 0.918 bits per heavy atom. The lowest BCUT2D eigenvalue weighted by Crippen LogP contribution is -2.39. The third-order valence-corrected chi connectivity index (χ3v) is 10.3. The molecule has 0 spiro atoms. The molecule has 4 atom stereocenters. The van der Waals surface area contributed by atoms with Gasteiger partial charge in [-0.25, -0.2) is 0 Å². The van der Waals surface area contributed by atoms with Gasteiger partial charge in [-0.3, -0.25) is 24.1 Å². The molecular formula is C38H33BrN4O6. The van der Waals surface area contributed by atoms with Crippen LogP contribution in [0.2, 0.25) is 0 Å². The number of azo groups is 1. The van der Waals surface area contributed by atoms with Gasteiger partial charge >= 0.3 is 0 Å². The van der Waals surface area contributed by atoms with E-state index in [1.54, 1.807) is 49.4 Å². The molecule has 3 aliphatic carbocycles. The van der Waals surface area contributed by atoms with Crippen LogP contribution < -0.4 is 14.5 Å². The lowest BCUT2D eigenvalue weighted by molar-refractivity contribution is -0.123. The fourth-order valence-corrected chi connectivity index (χ4v) is 7.91. The van der Waals surface area contributed by atoms with Gasteiger partial charge < -0.3 is 14.7 Å². The summed E-state index contributed by atoms with van der Waals surface area (Å²) in [7, 11) is 3.92. The molecule has 10 nitrogen and oxygen atoms in total. The van der Waals surface area contributed by atoms with E-state index in [0.29, 0.717) is 29.2 Å². The van der Waals surface area contributed by atoms with Gasteiger partial charge in [0.15, 0.2) is 23.1 Å². The molecule has 3 aromatic carbocycles. The van der Waals surface area contributed by atoms with E-state index in [1.165, 1.54) is 11.0 Å².